The van der Waals surface area contributed by atoms with Gasteiger partial charge < -0.3 is 14.5 Å². The van der Waals surface area contributed by atoms with Gasteiger partial charge in [-0.2, -0.15) is 0 Å². The van der Waals surface area contributed by atoms with Crippen molar-refractivity contribution in [3.05, 3.63) is 71.8 Å². The Morgan fingerprint density at radius 3 is 2.22 bits per heavy atom. The molecule has 0 radical (unpaired) electrons. The highest BCUT2D eigenvalue weighted by Crippen LogP contribution is 2.43. The molecule has 1 unspecified atom stereocenters. The fourth-order valence-electron chi connectivity index (χ4n) is 4.41. The van der Waals surface area contributed by atoms with Gasteiger partial charge in [-0.15, -0.1) is 0 Å². The molecule has 0 bridgehead atoms. The van der Waals surface area contributed by atoms with Crippen LogP contribution in [0.4, 0.5) is 5.69 Å². The Morgan fingerprint density at radius 1 is 0.972 bits per heavy atom. The van der Waals surface area contributed by atoms with E-state index in [0.717, 1.165) is 43.1 Å². The summed E-state index contributed by atoms with van der Waals surface area (Å²) < 4.78 is 5.27. The predicted octanol–water partition coefficient (Wildman–Crippen LogP) is 6.39. The standard InChI is InChI=1S/C30H41N3O3/c1-5-7-19-32(20-8-6-2)21-12-22-36-31-24(3)23-28-29(25-13-10-9-11-14-25)33(30(28)34)26-15-17-27(35-4)18-16-26/h9-11,13-18,23,29H,5-8,12,19-22H2,1-4H3. The number of anilines is 1. The molecule has 1 aliphatic heterocycles. The minimum Gasteiger partial charge on any atom is -0.497 e. The molecule has 1 aliphatic rings. The lowest BCUT2D eigenvalue weighted by molar-refractivity contribution is -0.119. The molecule has 2 aromatic rings. The maximum Gasteiger partial charge on any atom is 0.257 e. The van der Waals surface area contributed by atoms with Gasteiger partial charge in [0.15, 0.2) is 0 Å². The van der Waals surface area contributed by atoms with Crippen LogP contribution in [0.3, 0.4) is 0 Å². The first kappa shape index (κ1) is 27.5. The molecule has 2 aromatic carbocycles. The summed E-state index contributed by atoms with van der Waals surface area (Å²) in [5.74, 6) is 0.740. The molecule has 6 nitrogen and oxygen atoms in total. The molecule has 1 fully saturated rings. The molecule has 1 atom stereocenters. The van der Waals surface area contributed by atoms with Crippen LogP contribution in [-0.2, 0) is 9.63 Å². The summed E-state index contributed by atoms with van der Waals surface area (Å²) in [4.78, 5) is 23.1. The molecule has 0 aromatic heterocycles. The number of rotatable bonds is 15. The number of β-lactam (4-membered cyclic amide) rings is 1. The highest BCUT2D eigenvalue weighted by atomic mass is 16.6. The van der Waals surface area contributed by atoms with Crippen molar-refractivity contribution in [1.29, 1.82) is 0 Å². The molecule has 0 spiro atoms. The molecular formula is C30H41N3O3. The van der Waals surface area contributed by atoms with Crippen LogP contribution in [0, 0.1) is 0 Å². The number of allylic oxidation sites excluding steroid dienone is 1. The highest BCUT2D eigenvalue weighted by molar-refractivity contribution is 6.18. The van der Waals surface area contributed by atoms with Crippen LogP contribution in [0.5, 0.6) is 5.75 Å². The summed E-state index contributed by atoms with van der Waals surface area (Å²) in [7, 11) is 1.64. The quantitative estimate of drug-likeness (QED) is 0.0952. The van der Waals surface area contributed by atoms with Gasteiger partial charge in [0.05, 0.1) is 18.9 Å². The summed E-state index contributed by atoms with van der Waals surface area (Å²) in [5.41, 5.74) is 3.31. The van der Waals surface area contributed by atoms with Crippen molar-refractivity contribution in [2.24, 2.45) is 5.16 Å². The number of nitrogens with zero attached hydrogens (tertiary/aromatic N) is 3. The molecule has 36 heavy (non-hydrogen) atoms. The third kappa shape index (κ3) is 7.44. The van der Waals surface area contributed by atoms with Crippen molar-refractivity contribution in [2.75, 3.05) is 38.3 Å². The third-order valence-corrected chi connectivity index (χ3v) is 6.42. The van der Waals surface area contributed by atoms with E-state index in [-0.39, 0.29) is 11.9 Å². The SMILES string of the molecule is CCCCN(CCCC)CCCON=C(C)C=C1C(=O)N(c2ccc(OC)cc2)C1c1ccccc1. The van der Waals surface area contributed by atoms with Crippen molar-refractivity contribution < 1.29 is 14.4 Å². The van der Waals surface area contributed by atoms with Crippen molar-refractivity contribution in [1.82, 2.24) is 4.90 Å². The van der Waals surface area contributed by atoms with E-state index in [2.05, 4.69) is 23.9 Å². The summed E-state index contributed by atoms with van der Waals surface area (Å²) >= 11 is 0. The monoisotopic (exact) mass is 491 g/mol. The van der Waals surface area contributed by atoms with Crippen molar-refractivity contribution >= 4 is 17.3 Å². The molecule has 6 heteroatoms. The van der Waals surface area contributed by atoms with Crippen LogP contribution >= 0.6 is 0 Å². The van der Waals surface area contributed by atoms with Gasteiger partial charge in [-0.1, -0.05) is 62.2 Å². The Labute approximate surface area is 216 Å². The van der Waals surface area contributed by atoms with Gasteiger partial charge in [-0.3, -0.25) is 9.69 Å². The molecule has 1 amide bonds. The fourth-order valence-corrected chi connectivity index (χ4v) is 4.41. The maximum atomic E-state index is 13.2. The molecule has 1 saturated heterocycles. The average molecular weight is 492 g/mol. The molecule has 0 aliphatic carbocycles. The topological polar surface area (TPSA) is 54.4 Å². The van der Waals surface area contributed by atoms with E-state index in [0.29, 0.717) is 17.9 Å². The lowest BCUT2D eigenvalue weighted by Crippen LogP contribution is -2.49. The Balaban J connectivity index is 1.63. The Bertz CT molecular complexity index is 994. The Hall–Kier alpha value is -3.12. The number of methoxy groups -OCH3 is 1. The number of oxime groups is 1. The van der Waals surface area contributed by atoms with E-state index in [4.69, 9.17) is 9.57 Å². The number of ether oxygens (including phenoxy) is 1. The van der Waals surface area contributed by atoms with E-state index in [1.165, 1.54) is 25.7 Å². The second-order valence-corrected chi connectivity index (χ2v) is 9.25. The minimum absolute atomic E-state index is 0.0222. The largest absolute Gasteiger partial charge is 0.497 e. The van der Waals surface area contributed by atoms with Crippen molar-refractivity contribution in [2.45, 2.75) is 58.9 Å². The molecule has 0 N–H and O–H groups in total. The first-order valence-electron chi connectivity index (χ1n) is 13.2. The summed E-state index contributed by atoms with van der Waals surface area (Å²) in [6.07, 6.45) is 7.71. The number of carbonyl (C=O) groups is 1. The molecule has 0 saturated carbocycles. The minimum atomic E-state index is -0.164. The summed E-state index contributed by atoms with van der Waals surface area (Å²) in [6.45, 7) is 10.3. The number of hydrogen-bond acceptors (Lipinski definition) is 5. The molecule has 3 rings (SSSR count). The number of amides is 1. The van der Waals surface area contributed by atoms with Gasteiger partial charge in [0.1, 0.15) is 12.4 Å². The van der Waals surface area contributed by atoms with Crippen molar-refractivity contribution in [3.8, 4) is 5.75 Å². The van der Waals surface area contributed by atoms with Crippen LogP contribution in [0.2, 0.25) is 0 Å². The van der Waals surface area contributed by atoms with Gasteiger partial charge in [0, 0.05) is 17.8 Å². The summed E-state index contributed by atoms with van der Waals surface area (Å²) in [5, 5.41) is 4.28. The van der Waals surface area contributed by atoms with Crippen molar-refractivity contribution in [3.63, 3.8) is 0 Å². The van der Waals surface area contributed by atoms with Gasteiger partial charge in [0.2, 0.25) is 0 Å². The maximum absolute atomic E-state index is 13.2. The van der Waals surface area contributed by atoms with Gasteiger partial charge >= 0.3 is 0 Å². The number of unbranched alkanes of at least 4 members (excludes halogenated alkanes) is 2. The van der Waals surface area contributed by atoms with Crippen LogP contribution < -0.4 is 9.64 Å². The highest BCUT2D eigenvalue weighted by Gasteiger charge is 2.43. The van der Waals surface area contributed by atoms with Gasteiger partial charge in [0.25, 0.3) is 5.91 Å². The number of benzene rings is 2. The molecule has 194 valence electrons. The first-order valence-corrected chi connectivity index (χ1v) is 13.2. The van der Waals surface area contributed by atoms with Gasteiger partial charge in [-0.05, 0) is 75.2 Å². The zero-order chi connectivity index (χ0) is 25.8. The van der Waals surface area contributed by atoms with E-state index < -0.39 is 0 Å². The lowest BCUT2D eigenvalue weighted by Gasteiger charge is -2.43. The normalized spacial score (nSPS) is 17.0. The zero-order valence-corrected chi connectivity index (χ0v) is 22.3. The van der Waals surface area contributed by atoms with E-state index in [1.54, 1.807) is 7.11 Å². The second kappa shape index (κ2) is 14.4. The smallest absolute Gasteiger partial charge is 0.257 e. The van der Waals surface area contributed by atoms with Crippen LogP contribution in [0.25, 0.3) is 0 Å². The molecular weight excluding hydrogens is 450 g/mol. The Morgan fingerprint density at radius 2 is 1.61 bits per heavy atom. The molecule has 1 heterocycles. The van der Waals surface area contributed by atoms with E-state index in [1.807, 2.05) is 72.5 Å². The van der Waals surface area contributed by atoms with E-state index >= 15 is 0 Å². The first-order chi connectivity index (χ1) is 17.6. The lowest BCUT2D eigenvalue weighted by atomic mass is 9.86. The zero-order valence-electron chi connectivity index (χ0n) is 22.3. The van der Waals surface area contributed by atoms with Gasteiger partial charge in [-0.25, -0.2) is 0 Å². The fraction of sp³-hybridized carbons (Fsp3) is 0.467. The van der Waals surface area contributed by atoms with Crippen LogP contribution in [-0.4, -0.2) is 49.9 Å². The third-order valence-electron chi connectivity index (χ3n) is 6.42. The number of carbonyl (C=O) groups excluding carboxylic acids is 1. The number of hydrogen-bond donors (Lipinski definition) is 0. The summed E-state index contributed by atoms with van der Waals surface area (Å²) in [6, 6.07) is 17.5. The Kier molecular flexibility index (Phi) is 11.0. The second-order valence-electron chi connectivity index (χ2n) is 9.25. The predicted molar refractivity (Wildman–Crippen MR) is 148 cm³/mol. The average Bonchev–Trinajstić information content (AvgIpc) is 2.91. The van der Waals surface area contributed by atoms with Crippen LogP contribution in [0.15, 0.2) is 71.4 Å². The van der Waals surface area contributed by atoms with Crippen LogP contribution in [0.1, 0.15) is 64.5 Å². The van der Waals surface area contributed by atoms with E-state index in [9.17, 15) is 4.79 Å².